The van der Waals surface area contributed by atoms with Gasteiger partial charge < -0.3 is 14.8 Å². The third kappa shape index (κ3) is 4.98. The number of ether oxygens (including phenoxy) is 2. The number of nitrogens with one attached hydrogen (secondary N) is 1. The van der Waals surface area contributed by atoms with Crippen molar-refractivity contribution >= 4 is 16.9 Å². The Morgan fingerprint density at radius 3 is 2.55 bits per heavy atom. The van der Waals surface area contributed by atoms with Gasteiger partial charge in [0, 0.05) is 11.8 Å². The maximum Gasteiger partial charge on any atom is 0.252 e. The minimum atomic E-state index is -0.243. The van der Waals surface area contributed by atoms with Gasteiger partial charge in [-0.25, -0.2) is 9.67 Å². The summed E-state index contributed by atoms with van der Waals surface area (Å²) in [4.78, 5) is 17.9. The molecular formula is C24H32N4O3. The van der Waals surface area contributed by atoms with Gasteiger partial charge in [0.2, 0.25) is 0 Å². The van der Waals surface area contributed by atoms with Crippen LogP contribution in [0.3, 0.4) is 0 Å². The number of benzene rings is 1. The zero-order chi connectivity index (χ0) is 22.8. The van der Waals surface area contributed by atoms with Crippen molar-refractivity contribution in [1.82, 2.24) is 20.1 Å². The van der Waals surface area contributed by atoms with Crippen molar-refractivity contribution in [2.24, 2.45) is 0 Å². The van der Waals surface area contributed by atoms with Gasteiger partial charge in [-0.2, -0.15) is 5.10 Å². The van der Waals surface area contributed by atoms with Crippen molar-refractivity contribution < 1.29 is 14.3 Å². The molecule has 166 valence electrons. The van der Waals surface area contributed by atoms with E-state index in [1.165, 1.54) is 0 Å². The van der Waals surface area contributed by atoms with Crippen LogP contribution in [0.25, 0.3) is 11.0 Å². The first-order valence-electron chi connectivity index (χ1n) is 10.6. The van der Waals surface area contributed by atoms with Crippen LogP contribution in [0.2, 0.25) is 0 Å². The smallest absolute Gasteiger partial charge is 0.252 e. The van der Waals surface area contributed by atoms with Gasteiger partial charge in [0.15, 0.2) is 5.65 Å². The Bertz CT molecular complexity index is 1080. The fourth-order valence-corrected chi connectivity index (χ4v) is 3.37. The van der Waals surface area contributed by atoms with Gasteiger partial charge in [0.25, 0.3) is 5.91 Å². The highest BCUT2D eigenvalue weighted by Crippen LogP contribution is 2.28. The summed E-state index contributed by atoms with van der Waals surface area (Å²) in [6.07, 6.45) is 0. The molecule has 2 heterocycles. The number of aromatic nitrogens is 3. The first-order chi connectivity index (χ1) is 14.6. The van der Waals surface area contributed by atoms with Crippen molar-refractivity contribution in [3.05, 3.63) is 47.3 Å². The van der Waals surface area contributed by atoms with Gasteiger partial charge in [-0.3, -0.25) is 4.79 Å². The molecular weight excluding hydrogens is 392 g/mol. The summed E-state index contributed by atoms with van der Waals surface area (Å²) >= 11 is 0. The lowest BCUT2D eigenvalue weighted by atomic mass is 10.0. The number of hydrogen-bond donors (Lipinski definition) is 1. The fourth-order valence-electron chi connectivity index (χ4n) is 3.37. The van der Waals surface area contributed by atoms with Gasteiger partial charge >= 0.3 is 0 Å². The zero-order valence-corrected chi connectivity index (χ0v) is 19.4. The summed E-state index contributed by atoms with van der Waals surface area (Å²) in [7, 11) is 1.62. The predicted molar refractivity (Wildman–Crippen MR) is 122 cm³/mol. The Morgan fingerprint density at radius 1 is 1.19 bits per heavy atom. The van der Waals surface area contributed by atoms with Crippen LogP contribution in [0.1, 0.15) is 62.3 Å². The fraction of sp³-hybridized carbons (Fsp3) is 0.458. The average molecular weight is 425 g/mol. The molecule has 0 aliphatic rings. The molecule has 3 rings (SSSR count). The van der Waals surface area contributed by atoms with E-state index in [4.69, 9.17) is 19.6 Å². The van der Waals surface area contributed by atoms with Crippen molar-refractivity contribution in [1.29, 1.82) is 0 Å². The molecule has 0 atom stereocenters. The molecule has 0 saturated heterocycles. The number of carbonyl (C=O) groups is 1. The lowest BCUT2D eigenvalue weighted by Gasteiger charge is -2.20. The van der Waals surface area contributed by atoms with E-state index in [2.05, 4.69) is 39.9 Å². The molecule has 0 fully saturated rings. The second-order valence-corrected chi connectivity index (χ2v) is 8.90. The van der Waals surface area contributed by atoms with Gasteiger partial charge in [-0.15, -0.1) is 0 Å². The molecule has 2 aromatic heterocycles. The number of nitrogens with zero attached hydrogens (tertiary/aromatic N) is 3. The Morgan fingerprint density at radius 2 is 1.90 bits per heavy atom. The number of methoxy groups -OCH3 is 1. The van der Waals surface area contributed by atoms with Crippen LogP contribution in [-0.2, 0) is 5.54 Å². The van der Waals surface area contributed by atoms with Crippen LogP contribution in [0.5, 0.6) is 11.5 Å². The molecule has 1 amide bonds. The van der Waals surface area contributed by atoms with Crippen LogP contribution >= 0.6 is 0 Å². The second-order valence-electron chi connectivity index (χ2n) is 8.90. The van der Waals surface area contributed by atoms with E-state index < -0.39 is 0 Å². The van der Waals surface area contributed by atoms with Crippen LogP contribution in [0, 0.1) is 6.92 Å². The summed E-state index contributed by atoms with van der Waals surface area (Å²) in [5, 5.41) is 8.46. The molecule has 0 bridgehead atoms. The van der Waals surface area contributed by atoms with Crippen LogP contribution in [0.15, 0.2) is 30.3 Å². The molecule has 0 unspecified atom stereocenters. The van der Waals surface area contributed by atoms with E-state index in [1.54, 1.807) is 7.11 Å². The molecule has 0 aliphatic heterocycles. The van der Waals surface area contributed by atoms with Gasteiger partial charge in [0.05, 0.1) is 35.8 Å². The lowest BCUT2D eigenvalue weighted by molar-refractivity contribution is 0.0948. The normalized spacial score (nSPS) is 11.7. The minimum absolute atomic E-state index is 0.153. The lowest BCUT2D eigenvalue weighted by Crippen LogP contribution is -2.28. The highest BCUT2D eigenvalue weighted by molar-refractivity contribution is 6.06. The highest BCUT2D eigenvalue weighted by Gasteiger charge is 2.25. The topological polar surface area (TPSA) is 78.3 Å². The zero-order valence-electron chi connectivity index (χ0n) is 19.4. The van der Waals surface area contributed by atoms with E-state index >= 15 is 0 Å². The number of rotatable bonds is 7. The summed E-state index contributed by atoms with van der Waals surface area (Å²) in [5.41, 5.74) is 2.77. The standard InChI is InChI=1S/C24H32N4O3/c1-15(2)20-14-19(21-16(3)27-28(22(21)26-20)24(4,5)6)23(29)25-11-12-31-18-10-8-9-17(13-18)30-7/h8-10,13-15H,11-12H2,1-7H3,(H,25,29). The molecule has 3 aromatic rings. The molecule has 0 radical (unpaired) electrons. The van der Waals surface area contributed by atoms with Crippen molar-refractivity contribution in [3.63, 3.8) is 0 Å². The average Bonchev–Trinajstić information content (AvgIpc) is 3.07. The third-order valence-corrected chi connectivity index (χ3v) is 5.00. The van der Waals surface area contributed by atoms with Gasteiger partial charge in [-0.1, -0.05) is 19.9 Å². The third-order valence-electron chi connectivity index (χ3n) is 5.00. The van der Waals surface area contributed by atoms with E-state index in [9.17, 15) is 4.79 Å². The number of pyridine rings is 1. The highest BCUT2D eigenvalue weighted by atomic mass is 16.5. The monoisotopic (exact) mass is 424 g/mol. The van der Waals surface area contributed by atoms with Crippen LogP contribution in [0.4, 0.5) is 0 Å². The van der Waals surface area contributed by atoms with Gasteiger partial charge in [-0.05, 0) is 51.8 Å². The van der Waals surface area contributed by atoms with E-state index in [0.717, 1.165) is 28.2 Å². The van der Waals surface area contributed by atoms with Gasteiger partial charge in [0.1, 0.15) is 18.1 Å². The summed E-state index contributed by atoms with van der Waals surface area (Å²) < 4.78 is 12.8. The molecule has 0 aliphatic carbocycles. The SMILES string of the molecule is COc1cccc(OCCNC(=O)c2cc(C(C)C)nc3c2c(C)nn3C(C)(C)C)c1. The van der Waals surface area contributed by atoms with Crippen LogP contribution < -0.4 is 14.8 Å². The van der Waals surface area contributed by atoms with Crippen molar-refractivity contribution in [2.45, 2.75) is 53.0 Å². The number of amides is 1. The Kier molecular flexibility index (Phi) is 6.53. The molecule has 31 heavy (non-hydrogen) atoms. The maximum absolute atomic E-state index is 13.1. The van der Waals surface area contributed by atoms with Crippen molar-refractivity contribution in [3.8, 4) is 11.5 Å². The summed E-state index contributed by atoms with van der Waals surface area (Å²) in [5.74, 6) is 1.47. The van der Waals surface area contributed by atoms with Crippen LogP contribution in [-0.4, -0.2) is 40.9 Å². The maximum atomic E-state index is 13.1. The van der Waals surface area contributed by atoms with E-state index in [0.29, 0.717) is 24.5 Å². The Hall–Kier alpha value is -3.09. The number of carbonyl (C=O) groups excluding carboxylic acids is 1. The van der Waals surface area contributed by atoms with E-state index in [1.807, 2.05) is 41.9 Å². The molecule has 1 N–H and O–H groups in total. The first kappa shape index (κ1) is 22.6. The number of fused-ring (bicyclic) bond motifs is 1. The summed E-state index contributed by atoms with van der Waals surface area (Å²) in [6.45, 7) is 13.0. The van der Waals surface area contributed by atoms with Crippen molar-refractivity contribution in [2.75, 3.05) is 20.3 Å². The Labute approximate surface area is 183 Å². The molecule has 7 nitrogen and oxygen atoms in total. The first-order valence-corrected chi connectivity index (χ1v) is 10.6. The number of hydrogen-bond acceptors (Lipinski definition) is 5. The quantitative estimate of drug-likeness (QED) is 0.568. The molecule has 7 heteroatoms. The number of aryl methyl sites for hydroxylation is 1. The second kappa shape index (κ2) is 8.96. The summed E-state index contributed by atoms with van der Waals surface area (Å²) in [6, 6.07) is 9.27. The predicted octanol–water partition coefficient (Wildman–Crippen LogP) is 4.44. The van der Waals surface area contributed by atoms with E-state index in [-0.39, 0.29) is 17.4 Å². The molecule has 0 saturated carbocycles. The molecule has 1 aromatic carbocycles. The molecule has 0 spiro atoms. The largest absolute Gasteiger partial charge is 0.497 e. The minimum Gasteiger partial charge on any atom is -0.497 e. The Balaban J connectivity index is 1.82.